The van der Waals surface area contributed by atoms with Crippen molar-refractivity contribution in [2.75, 3.05) is 0 Å². The molecule has 1 amide bonds. The smallest absolute Gasteiger partial charge is 0.345 e. The van der Waals surface area contributed by atoms with Gasteiger partial charge < -0.3 is 14.9 Å². The van der Waals surface area contributed by atoms with E-state index in [0.29, 0.717) is 27.7 Å². The van der Waals surface area contributed by atoms with Crippen LogP contribution in [0.25, 0.3) is 22.1 Å². The standard InChI is InChI=1S/C18H13F2NO4/c19-18(20)24-9-10-1-3-11(4-2-10)13-8-16(22)25-15-6-5-12(17(21)23)7-14(13)15/h1-8,18H,9H2,(H2,21,23). The second-order valence-electron chi connectivity index (χ2n) is 5.32. The Morgan fingerprint density at radius 1 is 1.12 bits per heavy atom. The summed E-state index contributed by atoms with van der Waals surface area (Å²) in [5, 5.41) is 0.549. The van der Waals surface area contributed by atoms with Gasteiger partial charge in [-0.15, -0.1) is 0 Å². The number of carbonyl (C=O) groups is 1. The van der Waals surface area contributed by atoms with E-state index in [9.17, 15) is 18.4 Å². The van der Waals surface area contributed by atoms with Crippen molar-refractivity contribution >= 4 is 16.9 Å². The number of rotatable bonds is 5. The van der Waals surface area contributed by atoms with Gasteiger partial charge in [-0.1, -0.05) is 24.3 Å². The third kappa shape index (κ3) is 3.72. The summed E-state index contributed by atoms with van der Waals surface area (Å²) < 4.78 is 33.6. The lowest BCUT2D eigenvalue weighted by Crippen LogP contribution is -2.10. The van der Waals surface area contributed by atoms with Crippen LogP contribution in [0.4, 0.5) is 8.78 Å². The fraction of sp³-hybridized carbons (Fsp3) is 0.111. The van der Waals surface area contributed by atoms with Gasteiger partial charge in [-0.3, -0.25) is 4.79 Å². The van der Waals surface area contributed by atoms with E-state index < -0.39 is 18.1 Å². The van der Waals surface area contributed by atoms with Gasteiger partial charge in [-0.2, -0.15) is 8.78 Å². The molecule has 5 nitrogen and oxygen atoms in total. The van der Waals surface area contributed by atoms with E-state index in [-0.39, 0.29) is 12.2 Å². The van der Waals surface area contributed by atoms with Gasteiger partial charge in [0.15, 0.2) is 0 Å². The minimum atomic E-state index is -2.84. The summed E-state index contributed by atoms with van der Waals surface area (Å²) in [7, 11) is 0. The number of primary amides is 1. The van der Waals surface area contributed by atoms with Crippen molar-refractivity contribution in [3.63, 3.8) is 0 Å². The van der Waals surface area contributed by atoms with Gasteiger partial charge in [-0.05, 0) is 34.9 Å². The summed E-state index contributed by atoms with van der Waals surface area (Å²) in [6.45, 7) is -3.06. The lowest BCUT2D eigenvalue weighted by Gasteiger charge is -2.08. The molecule has 0 aliphatic carbocycles. The van der Waals surface area contributed by atoms with Crippen LogP contribution in [-0.2, 0) is 11.3 Å². The van der Waals surface area contributed by atoms with E-state index in [1.807, 2.05) is 0 Å². The van der Waals surface area contributed by atoms with Crippen LogP contribution < -0.4 is 11.4 Å². The molecule has 25 heavy (non-hydrogen) atoms. The maximum Gasteiger partial charge on any atom is 0.345 e. The molecule has 0 unspecified atom stereocenters. The van der Waals surface area contributed by atoms with Gasteiger partial charge >= 0.3 is 12.2 Å². The topological polar surface area (TPSA) is 82.5 Å². The Morgan fingerprint density at radius 3 is 2.48 bits per heavy atom. The molecule has 0 bridgehead atoms. The lowest BCUT2D eigenvalue weighted by molar-refractivity contribution is -0.137. The number of fused-ring (bicyclic) bond motifs is 1. The van der Waals surface area contributed by atoms with Crippen molar-refractivity contribution in [3.8, 4) is 11.1 Å². The van der Waals surface area contributed by atoms with Crippen LogP contribution in [0.5, 0.6) is 0 Å². The Balaban J connectivity index is 2.06. The zero-order chi connectivity index (χ0) is 18.0. The van der Waals surface area contributed by atoms with Crippen molar-refractivity contribution in [1.29, 1.82) is 0 Å². The maximum atomic E-state index is 12.1. The molecule has 2 aromatic carbocycles. The second-order valence-corrected chi connectivity index (χ2v) is 5.32. The van der Waals surface area contributed by atoms with Gasteiger partial charge in [0.05, 0.1) is 6.61 Å². The van der Waals surface area contributed by atoms with Crippen LogP contribution in [0.3, 0.4) is 0 Å². The van der Waals surface area contributed by atoms with Crippen LogP contribution in [0.2, 0.25) is 0 Å². The normalized spacial score (nSPS) is 11.2. The molecule has 0 spiro atoms. The molecule has 0 aliphatic rings. The Hall–Kier alpha value is -3.06. The summed E-state index contributed by atoms with van der Waals surface area (Å²) in [5.74, 6) is -0.599. The molecule has 3 aromatic rings. The molecule has 3 rings (SSSR count). The number of carbonyl (C=O) groups excluding carboxylic acids is 1. The summed E-state index contributed by atoms with van der Waals surface area (Å²) in [6, 6.07) is 12.4. The fourth-order valence-electron chi connectivity index (χ4n) is 2.49. The van der Waals surface area contributed by atoms with Crippen molar-refractivity contribution in [2.45, 2.75) is 13.2 Å². The third-order valence-corrected chi connectivity index (χ3v) is 3.67. The fourth-order valence-corrected chi connectivity index (χ4v) is 2.49. The zero-order valence-electron chi connectivity index (χ0n) is 12.9. The molecule has 0 saturated heterocycles. The molecule has 128 valence electrons. The predicted molar refractivity (Wildman–Crippen MR) is 87.2 cm³/mol. The monoisotopic (exact) mass is 345 g/mol. The highest BCUT2D eigenvalue weighted by Crippen LogP contribution is 2.28. The third-order valence-electron chi connectivity index (χ3n) is 3.67. The minimum Gasteiger partial charge on any atom is -0.423 e. The first-order chi connectivity index (χ1) is 11.9. The number of halogens is 2. The first-order valence-electron chi connectivity index (χ1n) is 7.31. The van der Waals surface area contributed by atoms with E-state index in [4.69, 9.17) is 10.2 Å². The molecular weight excluding hydrogens is 332 g/mol. The molecule has 1 aromatic heterocycles. The van der Waals surface area contributed by atoms with Gasteiger partial charge in [0.2, 0.25) is 5.91 Å². The number of ether oxygens (including phenoxy) is 1. The highest BCUT2D eigenvalue weighted by molar-refractivity contribution is 6.00. The summed E-state index contributed by atoms with van der Waals surface area (Å²) in [6.07, 6.45) is 0. The van der Waals surface area contributed by atoms with E-state index >= 15 is 0 Å². The highest BCUT2D eigenvalue weighted by Gasteiger charge is 2.11. The molecule has 0 atom stereocenters. The molecule has 0 radical (unpaired) electrons. The molecule has 0 aliphatic heterocycles. The van der Waals surface area contributed by atoms with Crippen molar-refractivity contribution in [3.05, 3.63) is 70.1 Å². The Bertz CT molecular complexity index is 981. The number of amides is 1. The van der Waals surface area contributed by atoms with Crippen LogP contribution in [0.15, 0.2) is 57.7 Å². The molecule has 7 heteroatoms. The summed E-state index contributed by atoms with van der Waals surface area (Å²) >= 11 is 0. The second kappa shape index (κ2) is 6.82. The Labute approximate surface area is 140 Å². The molecular formula is C18H13F2NO4. The number of hydrogen-bond donors (Lipinski definition) is 1. The average molecular weight is 345 g/mol. The molecule has 0 saturated carbocycles. The van der Waals surface area contributed by atoms with Gasteiger partial charge in [0.25, 0.3) is 0 Å². The number of alkyl halides is 2. The molecule has 1 heterocycles. The quantitative estimate of drug-likeness (QED) is 0.719. The number of nitrogens with two attached hydrogens (primary N) is 1. The molecule has 0 fully saturated rings. The van der Waals surface area contributed by atoms with Gasteiger partial charge in [-0.25, -0.2) is 4.79 Å². The maximum absolute atomic E-state index is 12.1. The van der Waals surface area contributed by atoms with Gasteiger partial charge in [0, 0.05) is 17.0 Å². The van der Waals surface area contributed by atoms with E-state index in [2.05, 4.69) is 4.74 Å². The predicted octanol–water partition coefficient (Wildman–Crippen LogP) is 3.30. The minimum absolute atomic E-state index is 0.221. The van der Waals surface area contributed by atoms with Crippen LogP contribution in [-0.4, -0.2) is 12.5 Å². The van der Waals surface area contributed by atoms with E-state index in [1.165, 1.54) is 18.2 Å². The van der Waals surface area contributed by atoms with Crippen molar-refractivity contribution in [2.24, 2.45) is 5.73 Å². The summed E-state index contributed by atoms with van der Waals surface area (Å²) in [5.41, 5.74) is 7.13. The van der Waals surface area contributed by atoms with Gasteiger partial charge in [0.1, 0.15) is 5.58 Å². The van der Waals surface area contributed by atoms with Crippen LogP contribution in [0, 0.1) is 0 Å². The number of hydrogen-bond acceptors (Lipinski definition) is 4. The van der Waals surface area contributed by atoms with E-state index in [0.717, 1.165) is 0 Å². The Morgan fingerprint density at radius 2 is 1.84 bits per heavy atom. The SMILES string of the molecule is NC(=O)c1ccc2oc(=O)cc(-c3ccc(COC(F)F)cc3)c2c1. The zero-order valence-corrected chi connectivity index (χ0v) is 12.9. The average Bonchev–Trinajstić information content (AvgIpc) is 2.59. The largest absolute Gasteiger partial charge is 0.423 e. The first-order valence-corrected chi connectivity index (χ1v) is 7.31. The Kier molecular flexibility index (Phi) is 4.58. The molecule has 2 N–H and O–H groups in total. The summed E-state index contributed by atoms with van der Waals surface area (Å²) in [4.78, 5) is 23.2. The first kappa shape index (κ1) is 16.8. The van der Waals surface area contributed by atoms with Crippen LogP contribution >= 0.6 is 0 Å². The van der Waals surface area contributed by atoms with Crippen LogP contribution in [0.1, 0.15) is 15.9 Å². The lowest BCUT2D eigenvalue weighted by atomic mass is 9.99. The van der Waals surface area contributed by atoms with Crippen molar-refractivity contribution < 1.29 is 22.7 Å². The number of benzene rings is 2. The van der Waals surface area contributed by atoms with Crippen molar-refractivity contribution in [1.82, 2.24) is 0 Å². The van der Waals surface area contributed by atoms with E-state index in [1.54, 1.807) is 30.3 Å². The highest BCUT2D eigenvalue weighted by atomic mass is 19.3.